The maximum Gasteiger partial charge on any atom is 0.254 e. The number of ether oxygens (including phenoxy) is 1. The third-order valence-corrected chi connectivity index (χ3v) is 6.63. The van der Waals surface area contributed by atoms with E-state index in [9.17, 15) is 14.3 Å². The van der Waals surface area contributed by atoms with Crippen molar-refractivity contribution in [2.45, 2.75) is 45.4 Å². The number of amides is 1. The summed E-state index contributed by atoms with van der Waals surface area (Å²) in [5.74, 6) is -0.0492. The smallest absolute Gasteiger partial charge is 0.254 e. The van der Waals surface area contributed by atoms with E-state index in [1.165, 1.54) is 12.1 Å². The fourth-order valence-corrected chi connectivity index (χ4v) is 4.58. The third-order valence-electron chi connectivity index (χ3n) is 6.63. The summed E-state index contributed by atoms with van der Waals surface area (Å²) in [6.45, 7) is 4.45. The summed E-state index contributed by atoms with van der Waals surface area (Å²) in [5.41, 5.74) is 4.34. The number of benzene rings is 2. The molecule has 0 bridgehead atoms. The van der Waals surface area contributed by atoms with Gasteiger partial charge in [-0.05, 0) is 62.6 Å². The molecule has 1 amide bonds. The minimum Gasteiger partial charge on any atom is -0.493 e. The summed E-state index contributed by atoms with van der Waals surface area (Å²) >= 11 is 0. The van der Waals surface area contributed by atoms with Crippen LogP contribution in [-0.4, -0.2) is 49.8 Å². The van der Waals surface area contributed by atoms with Gasteiger partial charge in [0.25, 0.3) is 5.91 Å². The first-order valence-corrected chi connectivity index (χ1v) is 11.8. The number of carbonyl (C=O) groups is 1. The normalized spacial score (nSPS) is 17.3. The molecular formula is C27H27FN4O3. The van der Waals surface area contributed by atoms with Gasteiger partial charge in [-0.3, -0.25) is 14.9 Å². The number of fused-ring (bicyclic) bond motifs is 1. The topological polar surface area (TPSA) is 91.3 Å². The molecule has 180 valence electrons. The highest BCUT2D eigenvalue weighted by Gasteiger charge is 2.37. The Hall–Kier alpha value is -3.78. The number of pyridine rings is 1. The van der Waals surface area contributed by atoms with Crippen molar-refractivity contribution < 1.29 is 19.0 Å². The monoisotopic (exact) mass is 474 g/mol. The number of carbonyl (C=O) groups excluding carboxylic acids is 1. The van der Waals surface area contributed by atoms with E-state index in [-0.39, 0.29) is 24.3 Å². The van der Waals surface area contributed by atoms with Gasteiger partial charge in [0.2, 0.25) is 0 Å². The van der Waals surface area contributed by atoms with Crippen molar-refractivity contribution in [2.75, 3.05) is 6.61 Å². The molecule has 2 aromatic carbocycles. The zero-order valence-electron chi connectivity index (χ0n) is 19.7. The molecule has 0 unspecified atom stereocenters. The van der Waals surface area contributed by atoms with Crippen LogP contribution in [0, 0.1) is 12.7 Å². The zero-order valence-corrected chi connectivity index (χ0v) is 19.7. The number of nitrogens with one attached hydrogen (secondary N) is 1. The molecule has 0 aliphatic heterocycles. The lowest BCUT2D eigenvalue weighted by Gasteiger charge is -2.41. The van der Waals surface area contributed by atoms with Gasteiger partial charge in [-0.15, -0.1) is 0 Å². The summed E-state index contributed by atoms with van der Waals surface area (Å²) in [6.07, 6.45) is 4.28. The van der Waals surface area contributed by atoms with E-state index in [4.69, 9.17) is 4.74 Å². The number of hydrogen-bond donors (Lipinski definition) is 2. The molecule has 5 rings (SSSR count). The number of aromatic nitrogens is 3. The molecule has 35 heavy (non-hydrogen) atoms. The predicted molar refractivity (Wildman–Crippen MR) is 131 cm³/mol. The van der Waals surface area contributed by atoms with Gasteiger partial charge in [-0.2, -0.15) is 5.10 Å². The molecule has 0 saturated heterocycles. The molecule has 8 heteroatoms. The zero-order chi connectivity index (χ0) is 24.5. The average molecular weight is 475 g/mol. The molecule has 1 fully saturated rings. The number of H-pyrrole nitrogens is 1. The Kier molecular flexibility index (Phi) is 6.21. The van der Waals surface area contributed by atoms with E-state index in [1.807, 2.05) is 13.8 Å². The summed E-state index contributed by atoms with van der Waals surface area (Å²) < 4.78 is 19.7. The Balaban J connectivity index is 1.51. The van der Waals surface area contributed by atoms with Crippen LogP contribution in [0.15, 0.2) is 54.9 Å². The van der Waals surface area contributed by atoms with E-state index < -0.39 is 6.10 Å². The standard InChI is InChI=1S/C27H27FN4O3/c1-3-35-25-12-18(7-8-21(25)17-5-4-6-20(28)11-17)27(34)32(23-9-10-24(23)33)15-19-13-29-16(2)22-14-30-31-26(19)22/h4-8,11-14,23-24,33H,3,9-10,15H2,1-2H3,(H,30,31)/t23-,24-/m1/s1. The minimum absolute atomic E-state index is 0.214. The molecule has 2 N–H and O–H groups in total. The molecule has 4 aromatic rings. The van der Waals surface area contributed by atoms with Crippen molar-refractivity contribution in [1.29, 1.82) is 0 Å². The summed E-state index contributed by atoms with van der Waals surface area (Å²) in [5, 5.41) is 18.5. The lowest BCUT2D eigenvalue weighted by atomic mass is 9.87. The van der Waals surface area contributed by atoms with E-state index in [1.54, 1.807) is 47.6 Å². The van der Waals surface area contributed by atoms with Gasteiger partial charge < -0.3 is 14.7 Å². The lowest BCUT2D eigenvalue weighted by Crippen LogP contribution is -2.52. The molecule has 1 aliphatic rings. The van der Waals surface area contributed by atoms with Gasteiger partial charge >= 0.3 is 0 Å². The summed E-state index contributed by atoms with van der Waals surface area (Å²) in [4.78, 5) is 20.0. The molecule has 0 spiro atoms. The van der Waals surface area contributed by atoms with E-state index >= 15 is 0 Å². The molecular weight excluding hydrogens is 447 g/mol. The number of rotatable bonds is 7. The number of aromatic amines is 1. The number of aliphatic hydroxyl groups is 1. The summed E-state index contributed by atoms with van der Waals surface area (Å²) in [7, 11) is 0. The van der Waals surface area contributed by atoms with Gasteiger partial charge in [0.05, 0.1) is 37.0 Å². The molecule has 1 saturated carbocycles. The van der Waals surface area contributed by atoms with E-state index in [2.05, 4.69) is 15.2 Å². The van der Waals surface area contributed by atoms with Crippen molar-refractivity contribution in [3.8, 4) is 16.9 Å². The highest BCUT2D eigenvalue weighted by Crippen LogP contribution is 2.34. The lowest BCUT2D eigenvalue weighted by molar-refractivity contribution is -0.0167. The Bertz CT molecular complexity index is 1390. The Morgan fingerprint density at radius 2 is 2.09 bits per heavy atom. The second-order valence-electron chi connectivity index (χ2n) is 8.83. The molecule has 2 atom stereocenters. The number of aryl methyl sites for hydroxylation is 1. The fourth-order valence-electron chi connectivity index (χ4n) is 4.58. The second-order valence-corrected chi connectivity index (χ2v) is 8.83. The van der Waals surface area contributed by atoms with Crippen molar-refractivity contribution in [1.82, 2.24) is 20.1 Å². The van der Waals surface area contributed by atoms with Crippen molar-refractivity contribution in [2.24, 2.45) is 0 Å². The molecule has 1 aliphatic carbocycles. The van der Waals surface area contributed by atoms with Crippen LogP contribution in [0.4, 0.5) is 4.39 Å². The first kappa shape index (κ1) is 23.0. The van der Waals surface area contributed by atoms with E-state index in [0.29, 0.717) is 35.5 Å². The van der Waals surface area contributed by atoms with Gasteiger partial charge in [-0.1, -0.05) is 12.1 Å². The molecule has 7 nitrogen and oxygen atoms in total. The SMILES string of the molecule is CCOc1cc(C(=O)N(Cc2cnc(C)c3cn[nH]c23)[C@@H]2CC[C@H]2O)ccc1-c1cccc(F)c1. The fraction of sp³-hybridized carbons (Fsp3) is 0.296. The predicted octanol–water partition coefficient (Wildman–Crippen LogP) is 4.64. The van der Waals surface area contributed by atoms with Crippen molar-refractivity contribution >= 4 is 16.8 Å². The maximum atomic E-state index is 13.8. The number of nitrogens with zero attached hydrogens (tertiary/aromatic N) is 3. The summed E-state index contributed by atoms with van der Waals surface area (Å²) in [6, 6.07) is 11.2. The minimum atomic E-state index is -0.576. The number of halogens is 1. The first-order valence-electron chi connectivity index (χ1n) is 11.8. The van der Waals surface area contributed by atoms with Gasteiger partial charge in [0.15, 0.2) is 0 Å². The third kappa shape index (κ3) is 4.37. The van der Waals surface area contributed by atoms with Crippen molar-refractivity contribution in [3.05, 3.63) is 77.5 Å². The number of hydrogen-bond acceptors (Lipinski definition) is 5. The maximum absolute atomic E-state index is 13.8. The highest BCUT2D eigenvalue weighted by atomic mass is 19.1. The highest BCUT2D eigenvalue weighted by molar-refractivity contribution is 5.96. The average Bonchev–Trinajstić information content (AvgIpc) is 3.35. The van der Waals surface area contributed by atoms with Crippen LogP contribution in [0.1, 0.15) is 41.4 Å². The van der Waals surface area contributed by atoms with Crippen LogP contribution in [0.25, 0.3) is 22.0 Å². The second kappa shape index (κ2) is 9.46. The molecule has 2 heterocycles. The van der Waals surface area contributed by atoms with Crippen molar-refractivity contribution in [3.63, 3.8) is 0 Å². The van der Waals surface area contributed by atoms with Gasteiger partial charge in [0, 0.05) is 34.0 Å². The molecule has 0 radical (unpaired) electrons. The van der Waals surface area contributed by atoms with Crippen LogP contribution in [0.5, 0.6) is 5.75 Å². The van der Waals surface area contributed by atoms with Crippen LogP contribution in [0.3, 0.4) is 0 Å². The van der Waals surface area contributed by atoms with Crippen LogP contribution in [-0.2, 0) is 6.54 Å². The van der Waals surface area contributed by atoms with E-state index in [0.717, 1.165) is 28.6 Å². The van der Waals surface area contributed by atoms with Gasteiger partial charge in [0.1, 0.15) is 11.6 Å². The first-order chi connectivity index (χ1) is 17.0. The largest absolute Gasteiger partial charge is 0.493 e. The Morgan fingerprint density at radius 1 is 1.23 bits per heavy atom. The quantitative estimate of drug-likeness (QED) is 0.407. The Morgan fingerprint density at radius 3 is 2.80 bits per heavy atom. The van der Waals surface area contributed by atoms with Crippen LogP contribution < -0.4 is 4.74 Å². The van der Waals surface area contributed by atoms with Gasteiger partial charge in [-0.25, -0.2) is 4.39 Å². The molecule has 2 aromatic heterocycles. The van der Waals surface area contributed by atoms with Crippen LogP contribution in [0.2, 0.25) is 0 Å². The number of aliphatic hydroxyl groups excluding tert-OH is 1. The Labute approximate surface area is 202 Å². The van der Waals surface area contributed by atoms with Crippen LogP contribution >= 0.6 is 0 Å².